The maximum absolute atomic E-state index is 11.6. The average molecular weight is 299 g/mol. The Morgan fingerprint density at radius 1 is 1.00 bits per heavy atom. The summed E-state index contributed by atoms with van der Waals surface area (Å²) in [6.07, 6.45) is 0. The number of ether oxygens (including phenoxy) is 1. The van der Waals surface area contributed by atoms with Crippen LogP contribution in [-0.4, -0.2) is 35.9 Å². The van der Waals surface area contributed by atoms with Gasteiger partial charge in [-0.1, -0.05) is 12.1 Å². The minimum atomic E-state index is -0.308. The number of benzene rings is 1. The quantitative estimate of drug-likeness (QED) is 0.767. The van der Waals surface area contributed by atoms with Gasteiger partial charge in [0.25, 0.3) is 0 Å². The number of carbonyl (C=O) groups excluding carboxylic acids is 1. The minimum Gasteiger partial charge on any atom is -0.462 e. The van der Waals surface area contributed by atoms with Crippen molar-refractivity contribution in [3.05, 3.63) is 42.0 Å². The van der Waals surface area contributed by atoms with Crippen molar-refractivity contribution in [1.82, 2.24) is 10.2 Å². The van der Waals surface area contributed by atoms with Gasteiger partial charge in [0.1, 0.15) is 0 Å². The van der Waals surface area contributed by atoms with E-state index in [-0.39, 0.29) is 5.97 Å². The molecule has 5 heteroatoms. The van der Waals surface area contributed by atoms with E-state index < -0.39 is 0 Å². The van der Waals surface area contributed by atoms with Crippen LogP contribution in [0.15, 0.2) is 36.4 Å². The summed E-state index contributed by atoms with van der Waals surface area (Å²) in [7, 11) is 0. The van der Waals surface area contributed by atoms with Gasteiger partial charge >= 0.3 is 5.97 Å². The van der Waals surface area contributed by atoms with E-state index in [9.17, 15) is 4.79 Å². The molecule has 0 unspecified atom stereocenters. The van der Waals surface area contributed by atoms with E-state index >= 15 is 0 Å². The van der Waals surface area contributed by atoms with Crippen molar-refractivity contribution in [2.45, 2.75) is 20.8 Å². The summed E-state index contributed by atoms with van der Waals surface area (Å²) in [5.41, 5.74) is 2.25. The predicted octanol–water partition coefficient (Wildman–Crippen LogP) is 3.17. The molecule has 0 radical (unpaired) electrons. The van der Waals surface area contributed by atoms with Crippen molar-refractivity contribution in [2.24, 2.45) is 0 Å². The molecule has 22 heavy (non-hydrogen) atoms. The fourth-order valence-electron chi connectivity index (χ4n) is 2.19. The van der Waals surface area contributed by atoms with Crippen LogP contribution in [0.1, 0.15) is 31.1 Å². The predicted molar refractivity (Wildman–Crippen MR) is 87.0 cm³/mol. The Labute approximate surface area is 130 Å². The summed E-state index contributed by atoms with van der Waals surface area (Å²) in [5, 5.41) is 8.54. The van der Waals surface area contributed by atoms with Gasteiger partial charge in [0.2, 0.25) is 0 Å². The first kappa shape index (κ1) is 15.9. The van der Waals surface area contributed by atoms with Gasteiger partial charge in [0.15, 0.2) is 5.82 Å². The van der Waals surface area contributed by atoms with Gasteiger partial charge in [-0.15, -0.1) is 10.2 Å². The number of rotatable bonds is 6. The second-order valence-corrected chi connectivity index (χ2v) is 4.75. The molecule has 0 atom stereocenters. The molecule has 0 saturated heterocycles. The first-order valence-electron chi connectivity index (χ1n) is 7.55. The van der Waals surface area contributed by atoms with E-state index in [0.29, 0.717) is 12.2 Å². The van der Waals surface area contributed by atoms with E-state index in [1.807, 2.05) is 24.3 Å². The maximum Gasteiger partial charge on any atom is 0.338 e. The summed E-state index contributed by atoms with van der Waals surface area (Å²) in [6, 6.07) is 11.1. The van der Waals surface area contributed by atoms with Crippen molar-refractivity contribution in [1.29, 1.82) is 0 Å². The molecule has 1 heterocycles. The topological polar surface area (TPSA) is 55.3 Å². The highest BCUT2D eigenvalue weighted by atomic mass is 16.5. The van der Waals surface area contributed by atoms with Crippen LogP contribution in [0.5, 0.6) is 0 Å². The molecule has 0 N–H and O–H groups in total. The largest absolute Gasteiger partial charge is 0.462 e. The van der Waals surface area contributed by atoms with E-state index in [1.54, 1.807) is 19.1 Å². The molecule has 0 aliphatic heterocycles. The molecule has 1 aromatic heterocycles. The maximum atomic E-state index is 11.6. The Balaban J connectivity index is 2.16. The molecule has 0 saturated carbocycles. The number of esters is 1. The molecular formula is C17H21N3O2. The van der Waals surface area contributed by atoms with Crippen molar-refractivity contribution < 1.29 is 9.53 Å². The zero-order valence-corrected chi connectivity index (χ0v) is 13.2. The Bertz CT molecular complexity index is 605. The van der Waals surface area contributed by atoms with E-state index in [1.165, 1.54) is 0 Å². The molecule has 0 bridgehead atoms. The third kappa shape index (κ3) is 3.61. The molecule has 5 nitrogen and oxygen atoms in total. The number of nitrogens with zero attached hydrogens (tertiary/aromatic N) is 3. The van der Waals surface area contributed by atoms with Gasteiger partial charge in [-0.05, 0) is 45.0 Å². The first-order chi connectivity index (χ1) is 10.7. The average Bonchev–Trinajstić information content (AvgIpc) is 2.57. The molecule has 0 amide bonds. The second kappa shape index (κ2) is 7.54. The van der Waals surface area contributed by atoms with Crippen LogP contribution in [0.25, 0.3) is 11.3 Å². The van der Waals surface area contributed by atoms with E-state index in [4.69, 9.17) is 4.74 Å². The lowest BCUT2D eigenvalue weighted by molar-refractivity contribution is 0.0526. The standard InChI is InChI=1S/C17H21N3O2/c1-4-20(5-2)16-12-11-15(18-19-16)13-7-9-14(10-8-13)17(21)22-6-3/h7-12H,4-6H2,1-3H3. The Hall–Kier alpha value is -2.43. The second-order valence-electron chi connectivity index (χ2n) is 4.75. The first-order valence-corrected chi connectivity index (χ1v) is 7.55. The molecule has 1 aromatic carbocycles. The molecule has 0 aliphatic rings. The zero-order valence-electron chi connectivity index (χ0n) is 13.2. The molecule has 0 spiro atoms. The number of carbonyl (C=O) groups is 1. The summed E-state index contributed by atoms with van der Waals surface area (Å²) in [5.74, 6) is 0.564. The Kier molecular flexibility index (Phi) is 5.47. The molecular weight excluding hydrogens is 278 g/mol. The fourth-order valence-corrected chi connectivity index (χ4v) is 2.19. The molecule has 116 valence electrons. The summed E-state index contributed by atoms with van der Waals surface area (Å²) in [6.45, 7) is 8.15. The van der Waals surface area contributed by atoms with Gasteiger partial charge in [0.05, 0.1) is 17.9 Å². The lowest BCUT2D eigenvalue weighted by Gasteiger charge is -2.18. The van der Waals surface area contributed by atoms with Crippen molar-refractivity contribution in [3.63, 3.8) is 0 Å². The van der Waals surface area contributed by atoms with Gasteiger partial charge < -0.3 is 9.64 Å². The summed E-state index contributed by atoms with van der Waals surface area (Å²) in [4.78, 5) is 13.8. The lowest BCUT2D eigenvalue weighted by atomic mass is 10.1. The highest BCUT2D eigenvalue weighted by molar-refractivity contribution is 5.89. The lowest BCUT2D eigenvalue weighted by Crippen LogP contribution is -2.23. The van der Waals surface area contributed by atoms with E-state index in [0.717, 1.165) is 30.2 Å². The van der Waals surface area contributed by atoms with Crippen molar-refractivity contribution >= 4 is 11.8 Å². The van der Waals surface area contributed by atoms with Crippen LogP contribution in [0, 0.1) is 0 Å². The Morgan fingerprint density at radius 3 is 2.18 bits per heavy atom. The third-order valence-corrected chi connectivity index (χ3v) is 3.43. The Morgan fingerprint density at radius 2 is 1.68 bits per heavy atom. The van der Waals surface area contributed by atoms with Gasteiger partial charge in [-0.25, -0.2) is 4.79 Å². The molecule has 2 aromatic rings. The SMILES string of the molecule is CCOC(=O)c1ccc(-c2ccc(N(CC)CC)nn2)cc1. The van der Waals surface area contributed by atoms with E-state index in [2.05, 4.69) is 28.9 Å². The number of anilines is 1. The summed E-state index contributed by atoms with van der Waals surface area (Å²) < 4.78 is 4.97. The number of aromatic nitrogens is 2. The molecule has 2 rings (SSSR count). The normalized spacial score (nSPS) is 10.3. The van der Waals surface area contributed by atoms with Crippen molar-refractivity contribution in [3.8, 4) is 11.3 Å². The highest BCUT2D eigenvalue weighted by Crippen LogP contribution is 2.19. The van der Waals surface area contributed by atoms with Gasteiger partial charge in [0, 0.05) is 18.7 Å². The monoisotopic (exact) mass is 299 g/mol. The van der Waals surface area contributed by atoms with Crippen LogP contribution in [0.4, 0.5) is 5.82 Å². The third-order valence-electron chi connectivity index (χ3n) is 3.43. The molecule has 0 aliphatic carbocycles. The number of hydrogen-bond acceptors (Lipinski definition) is 5. The van der Waals surface area contributed by atoms with Crippen LogP contribution < -0.4 is 4.90 Å². The number of hydrogen-bond donors (Lipinski definition) is 0. The van der Waals surface area contributed by atoms with Crippen LogP contribution in [0.2, 0.25) is 0 Å². The van der Waals surface area contributed by atoms with Crippen molar-refractivity contribution in [2.75, 3.05) is 24.6 Å². The van der Waals surface area contributed by atoms with Crippen LogP contribution in [-0.2, 0) is 4.74 Å². The summed E-state index contributed by atoms with van der Waals surface area (Å²) >= 11 is 0. The van der Waals surface area contributed by atoms with Crippen LogP contribution >= 0.6 is 0 Å². The van der Waals surface area contributed by atoms with Gasteiger partial charge in [-0.3, -0.25) is 0 Å². The van der Waals surface area contributed by atoms with Crippen LogP contribution in [0.3, 0.4) is 0 Å². The molecule has 0 fully saturated rings. The zero-order chi connectivity index (χ0) is 15.9. The smallest absolute Gasteiger partial charge is 0.338 e. The fraction of sp³-hybridized carbons (Fsp3) is 0.353. The highest BCUT2D eigenvalue weighted by Gasteiger charge is 2.08. The minimum absolute atomic E-state index is 0.308. The van der Waals surface area contributed by atoms with Gasteiger partial charge in [-0.2, -0.15) is 0 Å².